The largest absolute Gasteiger partial charge is 0.726 e. The predicted molar refractivity (Wildman–Crippen MR) is 42.8 cm³/mol. The van der Waals surface area contributed by atoms with Gasteiger partial charge in [-0.25, -0.2) is 13.2 Å². The van der Waals surface area contributed by atoms with E-state index < -0.39 is 23.0 Å². The van der Waals surface area contributed by atoms with Gasteiger partial charge in [0.25, 0.3) is 0 Å². The van der Waals surface area contributed by atoms with E-state index in [1.165, 1.54) is 0 Å². The van der Waals surface area contributed by atoms with Gasteiger partial charge in [-0.3, -0.25) is 4.18 Å². The maximum atomic E-state index is 10.3. The van der Waals surface area contributed by atoms with Crippen LogP contribution >= 0.6 is 0 Å². The standard InChI is InChI=1S/C5H8O6S.H3N/c1-2-5(6)10-3-4-11-12(7,8)9;/h2H,1,3-4H2,(H,7,8,9);1H3. The van der Waals surface area contributed by atoms with Gasteiger partial charge in [-0.15, -0.1) is 0 Å². The first-order valence-corrected chi connectivity index (χ1v) is 4.18. The average Bonchev–Trinajstić information content (AvgIpc) is 1.96. The summed E-state index contributed by atoms with van der Waals surface area (Å²) in [6.07, 6.45) is 0.908. The molecule has 0 radical (unpaired) electrons. The van der Waals surface area contributed by atoms with Gasteiger partial charge in [0.1, 0.15) is 6.61 Å². The Labute approximate surface area is 75.9 Å². The highest BCUT2D eigenvalue weighted by molar-refractivity contribution is 7.80. The Kier molecular flexibility index (Phi) is 7.33. The monoisotopic (exact) mass is 213 g/mol. The van der Waals surface area contributed by atoms with Gasteiger partial charge < -0.3 is 15.4 Å². The zero-order valence-corrected chi connectivity index (χ0v) is 7.87. The van der Waals surface area contributed by atoms with Gasteiger partial charge in [0.2, 0.25) is 10.4 Å². The van der Waals surface area contributed by atoms with E-state index in [4.69, 9.17) is 0 Å². The van der Waals surface area contributed by atoms with E-state index in [2.05, 4.69) is 15.5 Å². The Morgan fingerprint density at radius 2 is 2.00 bits per heavy atom. The maximum Gasteiger partial charge on any atom is 0.330 e. The van der Waals surface area contributed by atoms with Crippen molar-refractivity contribution in [2.24, 2.45) is 0 Å². The number of ether oxygens (including phenoxy) is 1. The first-order chi connectivity index (χ1) is 5.45. The molecule has 0 aliphatic carbocycles. The molecular formula is C5H11NO6S. The summed E-state index contributed by atoms with van der Waals surface area (Å²) in [6.45, 7) is 2.31. The third-order valence-corrected chi connectivity index (χ3v) is 1.18. The van der Waals surface area contributed by atoms with Gasteiger partial charge in [0.15, 0.2) is 0 Å². The summed E-state index contributed by atoms with van der Waals surface area (Å²) in [4.78, 5) is 10.3. The highest BCUT2D eigenvalue weighted by atomic mass is 32.3. The van der Waals surface area contributed by atoms with Crippen LogP contribution in [0.15, 0.2) is 12.7 Å². The predicted octanol–water partition coefficient (Wildman–Crippen LogP) is -0.431. The second-order valence-electron chi connectivity index (χ2n) is 1.60. The van der Waals surface area contributed by atoms with Crippen molar-refractivity contribution in [3.63, 3.8) is 0 Å². The van der Waals surface area contributed by atoms with Crippen molar-refractivity contribution in [2.45, 2.75) is 0 Å². The van der Waals surface area contributed by atoms with Gasteiger partial charge >= 0.3 is 5.97 Å². The molecule has 0 aliphatic heterocycles. The van der Waals surface area contributed by atoms with Gasteiger partial charge in [0, 0.05) is 6.08 Å². The molecule has 0 saturated carbocycles. The number of quaternary nitrogens is 1. The number of rotatable bonds is 5. The van der Waals surface area contributed by atoms with Crippen LogP contribution in [-0.2, 0) is 24.1 Å². The Bertz CT molecular complexity index is 258. The van der Waals surface area contributed by atoms with Crippen LogP contribution in [-0.4, -0.2) is 32.2 Å². The fraction of sp³-hybridized carbons (Fsp3) is 0.400. The summed E-state index contributed by atoms with van der Waals surface area (Å²) < 4.78 is 37.5. The summed E-state index contributed by atoms with van der Waals surface area (Å²) in [5, 5.41) is 0. The molecule has 0 fully saturated rings. The summed E-state index contributed by atoms with van der Waals surface area (Å²) in [7, 11) is -4.70. The molecule has 7 nitrogen and oxygen atoms in total. The topological polar surface area (TPSA) is 129 Å². The molecular weight excluding hydrogens is 202 g/mol. The lowest BCUT2D eigenvalue weighted by Crippen LogP contribution is -2.12. The van der Waals surface area contributed by atoms with Crippen molar-refractivity contribution in [3.8, 4) is 0 Å². The number of carbonyl (C=O) groups is 1. The van der Waals surface area contributed by atoms with E-state index in [1.54, 1.807) is 0 Å². The van der Waals surface area contributed by atoms with Crippen LogP contribution in [0.2, 0.25) is 0 Å². The van der Waals surface area contributed by atoms with E-state index >= 15 is 0 Å². The molecule has 4 N–H and O–H groups in total. The number of carbonyl (C=O) groups excluding carboxylic acids is 1. The molecule has 13 heavy (non-hydrogen) atoms. The van der Waals surface area contributed by atoms with Gasteiger partial charge in [0.05, 0.1) is 6.61 Å². The highest BCUT2D eigenvalue weighted by Crippen LogP contribution is 1.86. The molecule has 0 atom stereocenters. The molecule has 0 unspecified atom stereocenters. The van der Waals surface area contributed by atoms with Crippen LogP contribution < -0.4 is 6.15 Å². The second-order valence-corrected chi connectivity index (χ2v) is 2.65. The Balaban J connectivity index is 0. The van der Waals surface area contributed by atoms with Crippen LogP contribution in [0, 0.1) is 0 Å². The van der Waals surface area contributed by atoms with Crippen molar-refractivity contribution in [1.29, 1.82) is 0 Å². The molecule has 0 amide bonds. The lowest BCUT2D eigenvalue weighted by Gasteiger charge is -2.06. The van der Waals surface area contributed by atoms with E-state index in [1.807, 2.05) is 0 Å². The third-order valence-electron chi connectivity index (χ3n) is 0.722. The SMILES string of the molecule is C=CC(=O)OCCOS(=O)(=O)[O-].[NH4+]. The summed E-state index contributed by atoms with van der Waals surface area (Å²) >= 11 is 0. The summed E-state index contributed by atoms with van der Waals surface area (Å²) in [6, 6.07) is 0. The molecule has 0 rings (SSSR count). The normalized spacial score (nSPS) is 9.92. The van der Waals surface area contributed by atoms with Gasteiger partial charge in [-0.2, -0.15) is 0 Å². The number of hydrogen-bond acceptors (Lipinski definition) is 6. The number of esters is 1. The second kappa shape index (κ2) is 6.54. The summed E-state index contributed by atoms with van der Waals surface area (Å²) in [5.74, 6) is -0.707. The van der Waals surface area contributed by atoms with E-state index in [0.717, 1.165) is 6.08 Å². The Morgan fingerprint density at radius 1 is 1.46 bits per heavy atom. The third kappa shape index (κ3) is 11.0. The molecule has 0 saturated heterocycles. The molecule has 0 aromatic carbocycles. The van der Waals surface area contributed by atoms with Gasteiger partial charge in [-0.1, -0.05) is 6.58 Å². The van der Waals surface area contributed by atoms with Crippen molar-refractivity contribution in [2.75, 3.05) is 13.2 Å². The van der Waals surface area contributed by atoms with Crippen LogP contribution in [0.1, 0.15) is 0 Å². The number of hydrogen-bond donors (Lipinski definition) is 1. The minimum Gasteiger partial charge on any atom is -0.726 e. The zero-order chi connectivity index (χ0) is 9.61. The van der Waals surface area contributed by atoms with Crippen molar-refractivity contribution in [3.05, 3.63) is 12.7 Å². The average molecular weight is 213 g/mol. The van der Waals surface area contributed by atoms with Crippen molar-refractivity contribution in [1.82, 2.24) is 6.15 Å². The van der Waals surface area contributed by atoms with E-state index in [0.29, 0.717) is 0 Å². The molecule has 0 aromatic heterocycles. The minimum atomic E-state index is -4.70. The summed E-state index contributed by atoms with van der Waals surface area (Å²) in [5.41, 5.74) is 0. The van der Waals surface area contributed by atoms with Crippen LogP contribution in [0.4, 0.5) is 0 Å². The first kappa shape index (κ1) is 14.6. The van der Waals surface area contributed by atoms with Crippen molar-refractivity contribution >= 4 is 16.4 Å². The molecule has 78 valence electrons. The molecule has 0 aromatic rings. The first-order valence-electron chi connectivity index (χ1n) is 2.85. The minimum absolute atomic E-state index is 0. The maximum absolute atomic E-state index is 10.3. The van der Waals surface area contributed by atoms with Crippen molar-refractivity contribution < 1.29 is 26.7 Å². The lowest BCUT2D eigenvalue weighted by molar-refractivity contribution is -0.138. The van der Waals surface area contributed by atoms with E-state index in [-0.39, 0.29) is 12.8 Å². The Hall–Kier alpha value is -0.960. The Morgan fingerprint density at radius 3 is 2.38 bits per heavy atom. The molecule has 0 bridgehead atoms. The fourth-order valence-electron chi connectivity index (χ4n) is 0.337. The van der Waals surface area contributed by atoms with Crippen LogP contribution in [0.3, 0.4) is 0 Å². The molecule has 0 heterocycles. The zero-order valence-electron chi connectivity index (χ0n) is 7.06. The molecule has 0 aliphatic rings. The highest BCUT2D eigenvalue weighted by Gasteiger charge is 1.97. The quantitative estimate of drug-likeness (QED) is 0.217. The van der Waals surface area contributed by atoms with Gasteiger partial charge in [-0.05, 0) is 0 Å². The fourth-order valence-corrected chi connectivity index (χ4v) is 0.609. The van der Waals surface area contributed by atoms with Crippen LogP contribution in [0.5, 0.6) is 0 Å². The molecule has 0 spiro atoms. The smallest absolute Gasteiger partial charge is 0.330 e. The lowest BCUT2D eigenvalue weighted by atomic mass is 10.6. The van der Waals surface area contributed by atoms with E-state index in [9.17, 15) is 17.8 Å². The van der Waals surface area contributed by atoms with Crippen LogP contribution in [0.25, 0.3) is 0 Å². The molecule has 8 heteroatoms.